The second kappa shape index (κ2) is 5.95. The Balaban J connectivity index is 2.16. The molecule has 2 N–H and O–H groups in total. The largest absolute Gasteiger partial charge is 0.478 e. The zero-order valence-corrected chi connectivity index (χ0v) is 12.9. The Morgan fingerprint density at radius 3 is 2.74 bits per heavy atom. The van der Waals surface area contributed by atoms with Gasteiger partial charge in [-0.05, 0) is 36.5 Å². The molecule has 0 aliphatic heterocycles. The molecular formula is C15H20BrNO2. The molecule has 0 radical (unpaired) electrons. The standard InChI is InChI=1S/C15H20BrNO2/c1-9-4-3-5-14(10(9)2)17-13-7-11(15(18)19)6-12(16)8-13/h6-10,14,17H,3-5H2,1-2H3,(H,18,19). The highest BCUT2D eigenvalue weighted by Crippen LogP contribution is 2.32. The van der Waals surface area contributed by atoms with Crippen LogP contribution in [-0.4, -0.2) is 17.1 Å². The first-order valence-electron chi connectivity index (χ1n) is 6.78. The Kier molecular flexibility index (Phi) is 4.50. The third-order valence-corrected chi connectivity index (χ3v) is 4.66. The number of carboxylic acid groups (broad SMARTS) is 1. The molecule has 104 valence electrons. The molecule has 19 heavy (non-hydrogen) atoms. The first-order chi connectivity index (χ1) is 8.97. The van der Waals surface area contributed by atoms with Crippen molar-refractivity contribution in [1.82, 2.24) is 0 Å². The van der Waals surface area contributed by atoms with Crippen molar-refractivity contribution in [2.45, 2.75) is 39.2 Å². The second-order valence-electron chi connectivity index (χ2n) is 5.55. The number of anilines is 1. The predicted octanol–water partition coefficient (Wildman–Crippen LogP) is 4.38. The predicted molar refractivity (Wildman–Crippen MR) is 80.7 cm³/mol. The van der Waals surface area contributed by atoms with Crippen LogP contribution in [0.5, 0.6) is 0 Å². The first kappa shape index (κ1) is 14.4. The number of benzene rings is 1. The summed E-state index contributed by atoms with van der Waals surface area (Å²) in [6, 6.07) is 5.71. The molecule has 1 fully saturated rings. The fraction of sp³-hybridized carbons (Fsp3) is 0.533. The maximum atomic E-state index is 11.1. The summed E-state index contributed by atoms with van der Waals surface area (Å²) in [5.74, 6) is 0.438. The summed E-state index contributed by atoms with van der Waals surface area (Å²) in [4.78, 5) is 11.1. The van der Waals surface area contributed by atoms with Gasteiger partial charge in [-0.1, -0.05) is 42.6 Å². The summed E-state index contributed by atoms with van der Waals surface area (Å²) >= 11 is 3.37. The zero-order chi connectivity index (χ0) is 14.0. The van der Waals surface area contributed by atoms with Crippen LogP contribution in [0.1, 0.15) is 43.5 Å². The summed E-state index contributed by atoms with van der Waals surface area (Å²) < 4.78 is 0.798. The number of carboxylic acids is 1. The molecule has 1 aromatic carbocycles. The van der Waals surface area contributed by atoms with Gasteiger partial charge in [-0.2, -0.15) is 0 Å². The zero-order valence-electron chi connectivity index (χ0n) is 11.3. The molecule has 0 aromatic heterocycles. The van der Waals surface area contributed by atoms with Crippen molar-refractivity contribution >= 4 is 27.6 Å². The Bertz CT molecular complexity index is 475. The molecule has 0 heterocycles. The summed E-state index contributed by atoms with van der Waals surface area (Å²) in [7, 11) is 0. The van der Waals surface area contributed by atoms with E-state index < -0.39 is 5.97 Å². The third kappa shape index (κ3) is 3.50. The minimum atomic E-state index is -0.894. The fourth-order valence-corrected chi connectivity index (χ4v) is 3.29. The molecule has 1 aliphatic carbocycles. The fourth-order valence-electron chi connectivity index (χ4n) is 2.80. The average molecular weight is 326 g/mol. The van der Waals surface area contributed by atoms with Gasteiger partial charge >= 0.3 is 5.97 Å². The quantitative estimate of drug-likeness (QED) is 0.866. The van der Waals surface area contributed by atoms with Gasteiger partial charge in [0.1, 0.15) is 0 Å². The smallest absolute Gasteiger partial charge is 0.335 e. The topological polar surface area (TPSA) is 49.3 Å². The molecule has 1 saturated carbocycles. The van der Waals surface area contributed by atoms with E-state index in [0.29, 0.717) is 17.5 Å². The number of carbonyl (C=O) groups is 1. The Hall–Kier alpha value is -1.03. The van der Waals surface area contributed by atoms with Gasteiger partial charge < -0.3 is 10.4 Å². The molecule has 2 rings (SSSR count). The van der Waals surface area contributed by atoms with Crippen LogP contribution in [0.3, 0.4) is 0 Å². The monoisotopic (exact) mass is 325 g/mol. The van der Waals surface area contributed by atoms with Crippen molar-refractivity contribution in [3.63, 3.8) is 0 Å². The molecule has 3 atom stereocenters. The van der Waals surface area contributed by atoms with E-state index in [1.807, 2.05) is 6.07 Å². The number of hydrogen-bond donors (Lipinski definition) is 2. The SMILES string of the molecule is CC1CCCC(Nc2cc(Br)cc(C(=O)O)c2)C1C. The van der Waals surface area contributed by atoms with E-state index in [4.69, 9.17) is 5.11 Å². The van der Waals surface area contributed by atoms with Crippen molar-refractivity contribution in [1.29, 1.82) is 0 Å². The summed E-state index contributed by atoms with van der Waals surface area (Å²) in [6.45, 7) is 4.57. The van der Waals surface area contributed by atoms with E-state index in [0.717, 1.165) is 22.5 Å². The molecule has 3 nitrogen and oxygen atoms in total. The number of rotatable bonds is 3. The van der Waals surface area contributed by atoms with Crippen LogP contribution in [0.4, 0.5) is 5.69 Å². The average Bonchev–Trinajstić information content (AvgIpc) is 2.34. The van der Waals surface area contributed by atoms with E-state index in [2.05, 4.69) is 35.1 Å². The van der Waals surface area contributed by atoms with Crippen molar-refractivity contribution in [3.05, 3.63) is 28.2 Å². The van der Waals surface area contributed by atoms with Crippen LogP contribution in [-0.2, 0) is 0 Å². The molecule has 1 aliphatic rings. The molecule has 3 unspecified atom stereocenters. The van der Waals surface area contributed by atoms with Gasteiger partial charge in [0.25, 0.3) is 0 Å². The van der Waals surface area contributed by atoms with Crippen LogP contribution >= 0.6 is 15.9 Å². The number of nitrogens with one attached hydrogen (secondary N) is 1. The maximum absolute atomic E-state index is 11.1. The number of hydrogen-bond acceptors (Lipinski definition) is 2. The van der Waals surface area contributed by atoms with Gasteiger partial charge in [0.15, 0.2) is 0 Å². The van der Waals surface area contributed by atoms with Crippen molar-refractivity contribution in [2.24, 2.45) is 11.8 Å². The molecular weight excluding hydrogens is 306 g/mol. The van der Waals surface area contributed by atoms with Crippen molar-refractivity contribution in [2.75, 3.05) is 5.32 Å². The molecule has 0 amide bonds. The Morgan fingerprint density at radius 2 is 2.05 bits per heavy atom. The van der Waals surface area contributed by atoms with Gasteiger partial charge in [-0.15, -0.1) is 0 Å². The normalized spacial score (nSPS) is 27.0. The van der Waals surface area contributed by atoms with Gasteiger partial charge in [0, 0.05) is 16.2 Å². The maximum Gasteiger partial charge on any atom is 0.335 e. The highest BCUT2D eigenvalue weighted by atomic mass is 79.9. The van der Waals surface area contributed by atoms with Crippen LogP contribution in [0, 0.1) is 11.8 Å². The Labute approximate surface area is 122 Å². The van der Waals surface area contributed by atoms with Gasteiger partial charge in [-0.3, -0.25) is 0 Å². The molecule has 1 aromatic rings. The van der Waals surface area contributed by atoms with E-state index in [-0.39, 0.29) is 0 Å². The van der Waals surface area contributed by atoms with Crippen LogP contribution in [0.2, 0.25) is 0 Å². The third-order valence-electron chi connectivity index (χ3n) is 4.20. The molecule has 4 heteroatoms. The van der Waals surface area contributed by atoms with Crippen LogP contribution in [0.15, 0.2) is 22.7 Å². The van der Waals surface area contributed by atoms with Gasteiger partial charge in [0.2, 0.25) is 0 Å². The van der Waals surface area contributed by atoms with Gasteiger partial charge in [0.05, 0.1) is 5.56 Å². The van der Waals surface area contributed by atoms with Crippen molar-refractivity contribution in [3.8, 4) is 0 Å². The van der Waals surface area contributed by atoms with E-state index in [1.54, 1.807) is 12.1 Å². The lowest BCUT2D eigenvalue weighted by atomic mass is 9.78. The molecule has 0 saturated heterocycles. The lowest BCUT2D eigenvalue weighted by Crippen LogP contribution is -2.35. The summed E-state index contributed by atoms with van der Waals surface area (Å²) in [6.07, 6.45) is 3.68. The minimum absolute atomic E-state index is 0.313. The summed E-state index contributed by atoms with van der Waals surface area (Å²) in [5, 5.41) is 12.6. The van der Waals surface area contributed by atoms with E-state index >= 15 is 0 Å². The lowest BCUT2D eigenvalue weighted by Gasteiger charge is -2.35. The first-order valence-corrected chi connectivity index (χ1v) is 7.57. The van der Waals surface area contributed by atoms with E-state index in [1.165, 1.54) is 12.8 Å². The van der Waals surface area contributed by atoms with Crippen LogP contribution in [0.25, 0.3) is 0 Å². The highest BCUT2D eigenvalue weighted by molar-refractivity contribution is 9.10. The minimum Gasteiger partial charge on any atom is -0.478 e. The van der Waals surface area contributed by atoms with Crippen molar-refractivity contribution < 1.29 is 9.90 Å². The Morgan fingerprint density at radius 1 is 1.32 bits per heavy atom. The second-order valence-corrected chi connectivity index (χ2v) is 6.47. The number of halogens is 1. The molecule has 0 spiro atoms. The van der Waals surface area contributed by atoms with Crippen LogP contribution < -0.4 is 5.32 Å². The van der Waals surface area contributed by atoms with Gasteiger partial charge in [-0.25, -0.2) is 4.79 Å². The number of aromatic carboxylic acids is 1. The highest BCUT2D eigenvalue weighted by Gasteiger charge is 2.27. The van der Waals surface area contributed by atoms with E-state index in [9.17, 15) is 4.79 Å². The molecule has 0 bridgehead atoms. The lowest BCUT2D eigenvalue weighted by molar-refractivity contribution is 0.0697. The summed E-state index contributed by atoms with van der Waals surface area (Å²) in [5.41, 5.74) is 1.20.